The molecule has 1 aliphatic carbocycles. The topological polar surface area (TPSA) is 39.9 Å². The number of rotatable bonds is 5. The Hall–Kier alpha value is -1.85. The molecule has 5 heteroatoms. The lowest BCUT2D eigenvalue weighted by Crippen LogP contribution is -2.43. The summed E-state index contributed by atoms with van der Waals surface area (Å²) in [4.78, 5) is 4.78. The minimum absolute atomic E-state index is 0.289. The lowest BCUT2D eigenvalue weighted by atomic mass is 9.95. The van der Waals surface area contributed by atoms with Crippen LogP contribution in [0.3, 0.4) is 0 Å². The first-order chi connectivity index (χ1) is 12.8. The molecular weight excluding hydrogens is 358 g/mol. The fourth-order valence-corrected chi connectivity index (χ4v) is 5.01. The number of aromatic nitrogens is 1. The van der Waals surface area contributed by atoms with E-state index in [9.17, 15) is 0 Å². The molecule has 1 fully saturated rings. The van der Waals surface area contributed by atoms with Crippen LogP contribution in [0.1, 0.15) is 48.5 Å². The van der Waals surface area contributed by atoms with Crippen LogP contribution in [-0.4, -0.2) is 22.7 Å². The molecule has 2 heterocycles. The van der Waals surface area contributed by atoms with Gasteiger partial charge in [0, 0.05) is 40.5 Å². The number of hydrogen-bond acceptors (Lipinski definition) is 2. The van der Waals surface area contributed by atoms with Gasteiger partial charge in [-0.25, -0.2) is 0 Å². The Labute approximate surface area is 164 Å². The van der Waals surface area contributed by atoms with Crippen molar-refractivity contribution >= 4 is 39.6 Å². The molecule has 0 amide bonds. The minimum Gasteiger partial charge on any atom is -0.362 e. The van der Waals surface area contributed by atoms with Gasteiger partial charge in [0.15, 0.2) is 5.11 Å². The van der Waals surface area contributed by atoms with E-state index in [-0.39, 0.29) is 5.92 Å². The van der Waals surface area contributed by atoms with Gasteiger partial charge in [-0.15, -0.1) is 11.3 Å². The predicted molar refractivity (Wildman–Crippen MR) is 115 cm³/mol. The van der Waals surface area contributed by atoms with E-state index in [1.54, 1.807) is 0 Å². The van der Waals surface area contributed by atoms with E-state index in [0.717, 1.165) is 11.7 Å². The van der Waals surface area contributed by atoms with Crippen molar-refractivity contribution < 1.29 is 0 Å². The van der Waals surface area contributed by atoms with E-state index in [4.69, 9.17) is 12.2 Å². The zero-order valence-corrected chi connectivity index (χ0v) is 16.5. The van der Waals surface area contributed by atoms with Gasteiger partial charge in [0.25, 0.3) is 0 Å². The monoisotopic (exact) mass is 383 g/mol. The Morgan fingerprint density at radius 1 is 1.15 bits per heavy atom. The molecular formula is C21H25N3S2. The van der Waals surface area contributed by atoms with E-state index in [1.165, 1.54) is 53.4 Å². The van der Waals surface area contributed by atoms with E-state index in [1.807, 2.05) is 11.3 Å². The number of thiophene rings is 1. The molecule has 136 valence electrons. The molecule has 1 aromatic carbocycles. The second-order valence-electron chi connectivity index (χ2n) is 7.05. The molecule has 1 atom stereocenters. The highest BCUT2D eigenvalue weighted by Gasteiger charge is 2.20. The largest absolute Gasteiger partial charge is 0.362 e. The third kappa shape index (κ3) is 3.94. The van der Waals surface area contributed by atoms with Crippen molar-refractivity contribution in [3.8, 4) is 0 Å². The van der Waals surface area contributed by atoms with E-state index in [0.29, 0.717) is 6.04 Å². The van der Waals surface area contributed by atoms with Crippen molar-refractivity contribution in [3.05, 3.63) is 58.4 Å². The Kier molecular flexibility index (Phi) is 5.56. The number of para-hydroxylation sites is 1. The molecule has 0 unspecified atom stereocenters. The van der Waals surface area contributed by atoms with Crippen LogP contribution >= 0.6 is 23.6 Å². The van der Waals surface area contributed by atoms with Crippen LogP contribution in [-0.2, 0) is 0 Å². The van der Waals surface area contributed by atoms with Crippen molar-refractivity contribution in [1.29, 1.82) is 0 Å². The second kappa shape index (κ2) is 8.23. The summed E-state index contributed by atoms with van der Waals surface area (Å²) in [5.41, 5.74) is 2.52. The third-order valence-electron chi connectivity index (χ3n) is 5.29. The van der Waals surface area contributed by atoms with Crippen molar-refractivity contribution in [1.82, 2.24) is 15.6 Å². The highest BCUT2D eigenvalue weighted by Crippen LogP contribution is 2.32. The summed E-state index contributed by atoms with van der Waals surface area (Å²) >= 11 is 7.39. The molecule has 0 bridgehead atoms. The number of hydrogen-bond donors (Lipinski definition) is 3. The van der Waals surface area contributed by atoms with E-state index < -0.39 is 0 Å². The summed E-state index contributed by atoms with van der Waals surface area (Å²) in [5, 5.41) is 11.2. The number of H-pyrrole nitrogens is 1. The third-order valence-corrected chi connectivity index (χ3v) is 6.54. The lowest BCUT2D eigenvalue weighted by molar-refractivity contribution is 0.412. The van der Waals surface area contributed by atoms with Crippen LogP contribution in [0.4, 0.5) is 0 Å². The average Bonchev–Trinajstić information content (AvgIpc) is 3.34. The van der Waals surface area contributed by atoms with Crippen molar-refractivity contribution in [3.63, 3.8) is 0 Å². The Balaban J connectivity index is 1.49. The molecule has 0 radical (unpaired) electrons. The summed E-state index contributed by atoms with van der Waals surface area (Å²) in [6, 6.07) is 13.4. The first-order valence-corrected chi connectivity index (χ1v) is 10.7. The standard InChI is InChI=1S/C21H25N3S2/c25-21(24-15-7-2-1-3-8-15)23-14-18(20-11-6-12-26-20)17-13-22-19-10-5-4-9-16(17)19/h4-6,9-13,15,18,22H,1-3,7-8,14H2,(H2,23,24,25)/t18-/m0/s1. The van der Waals surface area contributed by atoms with Crippen LogP contribution in [0.2, 0.25) is 0 Å². The number of fused-ring (bicyclic) bond motifs is 1. The summed E-state index contributed by atoms with van der Waals surface area (Å²) in [6.07, 6.45) is 8.60. The number of benzene rings is 1. The molecule has 3 N–H and O–H groups in total. The second-order valence-corrected chi connectivity index (χ2v) is 8.43. The van der Waals surface area contributed by atoms with E-state index >= 15 is 0 Å². The Morgan fingerprint density at radius 3 is 2.81 bits per heavy atom. The van der Waals surface area contributed by atoms with Gasteiger partial charge in [-0.3, -0.25) is 0 Å². The van der Waals surface area contributed by atoms with Gasteiger partial charge in [0.2, 0.25) is 0 Å². The summed E-state index contributed by atoms with van der Waals surface area (Å²) in [5.74, 6) is 0.289. The SMILES string of the molecule is S=C(NC[C@H](c1cccs1)c1c[nH]c2ccccc12)NC1CCCCC1. The number of thiocarbonyl (C=S) groups is 1. The molecule has 1 saturated carbocycles. The molecule has 3 nitrogen and oxygen atoms in total. The van der Waals surface area contributed by atoms with Gasteiger partial charge in [0.1, 0.15) is 0 Å². The van der Waals surface area contributed by atoms with Crippen molar-refractivity contribution in [2.45, 2.75) is 44.1 Å². The molecule has 3 aromatic rings. The zero-order valence-electron chi connectivity index (χ0n) is 14.8. The Morgan fingerprint density at radius 2 is 2.00 bits per heavy atom. The quantitative estimate of drug-likeness (QED) is 0.533. The molecule has 0 saturated heterocycles. The first kappa shape index (κ1) is 17.6. The fourth-order valence-electron chi connectivity index (χ4n) is 3.91. The smallest absolute Gasteiger partial charge is 0.166 e. The highest BCUT2D eigenvalue weighted by molar-refractivity contribution is 7.80. The predicted octanol–water partition coefficient (Wildman–Crippen LogP) is 5.16. The Bertz CT molecular complexity index is 847. The van der Waals surface area contributed by atoms with Gasteiger partial charge in [-0.1, -0.05) is 43.5 Å². The summed E-state index contributed by atoms with van der Waals surface area (Å²) in [7, 11) is 0. The maximum Gasteiger partial charge on any atom is 0.166 e. The van der Waals surface area contributed by atoms with Gasteiger partial charge < -0.3 is 15.6 Å². The molecule has 0 spiro atoms. The molecule has 2 aromatic heterocycles. The van der Waals surface area contributed by atoms with Crippen LogP contribution in [0.25, 0.3) is 10.9 Å². The molecule has 4 rings (SSSR count). The summed E-state index contributed by atoms with van der Waals surface area (Å²) < 4.78 is 0. The van der Waals surface area contributed by atoms with Crippen molar-refractivity contribution in [2.75, 3.05) is 6.54 Å². The van der Waals surface area contributed by atoms with Gasteiger partial charge >= 0.3 is 0 Å². The molecule has 1 aliphatic rings. The van der Waals surface area contributed by atoms with Crippen LogP contribution in [0.15, 0.2) is 48.0 Å². The zero-order chi connectivity index (χ0) is 17.8. The molecule has 26 heavy (non-hydrogen) atoms. The minimum atomic E-state index is 0.289. The van der Waals surface area contributed by atoms with Crippen LogP contribution in [0, 0.1) is 0 Å². The number of nitrogens with one attached hydrogen (secondary N) is 3. The first-order valence-electron chi connectivity index (χ1n) is 9.45. The van der Waals surface area contributed by atoms with Crippen LogP contribution < -0.4 is 10.6 Å². The maximum absolute atomic E-state index is 5.58. The number of aromatic amines is 1. The lowest BCUT2D eigenvalue weighted by Gasteiger charge is -2.25. The van der Waals surface area contributed by atoms with Gasteiger partial charge in [0.05, 0.1) is 0 Å². The highest BCUT2D eigenvalue weighted by atomic mass is 32.1. The average molecular weight is 384 g/mol. The van der Waals surface area contributed by atoms with Crippen molar-refractivity contribution in [2.24, 2.45) is 0 Å². The normalized spacial score (nSPS) is 16.5. The maximum atomic E-state index is 5.58. The molecule has 0 aliphatic heterocycles. The van der Waals surface area contributed by atoms with E-state index in [2.05, 4.69) is 63.6 Å². The van der Waals surface area contributed by atoms with Gasteiger partial charge in [-0.2, -0.15) is 0 Å². The summed E-state index contributed by atoms with van der Waals surface area (Å²) in [6.45, 7) is 0.806. The fraction of sp³-hybridized carbons (Fsp3) is 0.381. The van der Waals surface area contributed by atoms with Crippen LogP contribution in [0.5, 0.6) is 0 Å². The van der Waals surface area contributed by atoms with Gasteiger partial charge in [-0.05, 0) is 48.1 Å².